The minimum absolute atomic E-state index is 0.0400. The summed E-state index contributed by atoms with van der Waals surface area (Å²) in [5.74, 6) is 1.55. The summed E-state index contributed by atoms with van der Waals surface area (Å²) in [6.07, 6.45) is 3.82. The second-order valence-corrected chi connectivity index (χ2v) is 9.46. The molecule has 4 rings (SSSR count). The summed E-state index contributed by atoms with van der Waals surface area (Å²) in [4.78, 5) is 15.9. The van der Waals surface area contributed by atoms with Gasteiger partial charge in [0.05, 0.1) is 5.41 Å². The third kappa shape index (κ3) is 5.45. The van der Waals surface area contributed by atoms with E-state index in [2.05, 4.69) is 17.1 Å². The number of halogens is 1. The number of nitrogens with one attached hydrogen (secondary N) is 1. The van der Waals surface area contributed by atoms with E-state index in [1.165, 1.54) is 12.8 Å². The third-order valence-corrected chi connectivity index (χ3v) is 7.03. The van der Waals surface area contributed by atoms with Crippen molar-refractivity contribution in [2.75, 3.05) is 44.8 Å². The van der Waals surface area contributed by atoms with Gasteiger partial charge >= 0.3 is 0 Å². The Kier molecular flexibility index (Phi) is 7.71. The van der Waals surface area contributed by atoms with Gasteiger partial charge in [-0.3, -0.25) is 9.69 Å². The third-order valence-electron chi connectivity index (χ3n) is 6.70. The number of amides is 1. The highest BCUT2D eigenvalue weighted by atomic mass is 35.5. The van der Waals surface area contributed by atoms with Crippen molar-refractivity contribution in [3.63, 3.8) is 0 Å². The number of hydrogen-bond donors (Lipinski definition) is 1. The van der Waals surface area contributed by atoms with Gasteiger partial charge < -0.3 is 14.8 Å². The predicted molar refractivity (Wildman–Crippen MR) is 129 cm³/mol. The molecule has 0 spiro atoms. The maximum absolute atomic E-state index is 13.4. The number of anilines is 1. The molecule has 2 aromatic rings. The molecule has 0 radical (unpaired) electrons. The molecule has 32 heavy (non-hydrogen) atoms. The number of hydrogen-bond acceptors (Lipinski definition) is 4. The Morgan fingerprint density at radius 3 is 2.66 bits per heavy atom. The van der Waals surface area contributed by atoms with Gasteiger partial charge in [0.2, 0.25) is 5.91 Å². The molecule has 2 heterocycles. The maximum atomic E-state index is 13.4. The van der Waals surface area contributed by atoms with Crippen LogP contribution >= 0.6 is 11.6 Å². The maximum Gasteiger partial charge on any atom is 0.235 e. The summed E-state index contributed by atoms with van der Waals surface area (Å²) in [7, 11) is 0. The standard InChI is InChI=1S/C26H33ClN2O3/c1-20-5-4-14-29(19-20)15-18-32-22-10-8-21(9-11-22)28-25(30)26(12-16-31-17-13-26)23-6-2-3-7-24(23)27/h2-3,6-11,20H,4-5,12-19H2,1H3,(H,28,30). The molecule has 5 nitrogen and oxygen atoms in total. The van der Waals surface area contributed by atoms with E-state index in [0.717, 1.165) is 42.6 Å². The highest BCUT2D eigenvalue weighted by Crippen LogP contribution is 2.39. The zero-order chi connectivity index (χ0) is 22.4. The average molecular weight is 457 g/mol. The Balaban J connectivity index is 1.36. The normalized spacial score (nSPS) is 21.1. The van der Waals surface area contributed by atoms with Gasteiger partial charge in [-0.15, -0.1) is 0 Å². The van der Waals surface area contributed by atoms with Crippen LogP contribution in [0, 0.1) is 5.92 Å². The summed E-state index contributed by atoms with van der Waals surface area (Å²) in [6, 6.07) is 15.3. The van der Waals surface area contributed by atoms with Crippen molar-refractivity contribution in [2.24, 2.45) is 5.92 Å². The van der Waals surface area contributed by atoms with Crippen LogP contribution in [-0.4, -0.2) is 50.3 Å². The summed E-state index contributed by atoms with van der Waals surface area (Å²) in [5, 5.41) is 3.72. The Hall–Kier alpha value is -2.08. The molecule has 0 aromatic heterocycles. The minimum atomic E-state index is -0.683. The van der Waals surface area contributed by atoms with Crippen LogP contribution in [0.25, 0.3) is 0 Å². The van der Waals surface area contributed by atoms with E-state index in [9.17, 15) is 4.79 Å². The molecule has 172 valence electrons. The summed E-state index contributed by atoms with van der Waals surface area (Å²) in [5.41, 5.74) is 0.941. The molecule has 6 heteroatoms. The van der Waals surface area contributed by atoms with Crippen molar-refractivity contribution >= 4 is 23.2 Å². The van der Waals surface area contributed by atoms with Gasteiger partial charge in [0.25, 0.3) is 0 Å². The Bertz CT molecular complexity index is 896. The largest absolute Gasteiger partial charge is 0.492 e. The monoisotopic (exact) mass is 456 g/mol. The number of piperidine rings is 1. The quantitative estimate of drug-likeness (QED) is 0.626. The van der Waals surface area contributed by atoms with E-state index in [4.69, 9.17) is 21.1 Å². The lowest BCUT2D eigenvalue weighted by atomic mass is 9.73. The molecule has 1 atom stereocenters. The zero-order valence-electron chi connectivity index (χ0n) is 18.8. The lowest BCUT2D eigenvalue weighted by Crippen LogP contribution is -2.45. The fourth-order valence-electron chi connectivity index (χ4n) is 4.86. The Morgan fingerprint density at radius 2 is 1.94 bits per heavy atom. The fourth-order valence-corrected chi connectivity index (χ4v) is 5.17. The van der Waals surface area contributed by atoms with Crippen molar-refractivity contribution in [3.8, 4) is 5.75 Å². The van der Waals surface area contributed by atoms with Crippen LogP contribution in [0.5, 0.6) is 5.75 Å². The molecule has 0 saturated carbocycles. The second-order valence-electron chi connectivity index (χ2n) is 9.05. The number of likely N-dealkylation sites (tertiary alicyclic amines) is 1. The molecule has 1 N–H and O–H groups in total. The first-order chi connectivity index (χ1) is 15.6. The van der Waals surface area contributed by atoms with Crippen LogP contribution in [0.1, 0.15) is 38.2 Å². The van der Waals surface area contributed by atoms with Crippen molar-refractivity contribution in [3.05, 3.63) is 59.1 Å². The smallest absolute Gasteiger partial charge is 0.235 e. The van der Waals surface area contributed by atoms with Gasteiger partial charge in [-0.2, -0.15) is 0 Å². The summed E-state index contributed by atoms with van der Waals surface area (Å²) < 4.78 is 11.5. The zero-order valence-corrected chi connectivity index (χ0v) is 19.6. The van der Waals surface area contributed by atoms with Gasteiger partial charge in [0.15, 0.2) is 0 Å². The number of nitrogens with zero attached hydrogens (tertiary/aromatic N) is 1. The van der Waals surface area contributed by atoms with Crippen LogP contribution < -0.4 is 10.1 Å². The lowest BCUT2D eigenvalue weighted by molar-refractivity contribution is -0.125. The van der Waals surface area contributed by atoms with Crippen molar-refractivity contribution in [1.82, 2.24) is 4.90 Å². The molecular formula is C26H33ClN2O3. The van der Waals surface area contributed by atoms with E-state index in [0.29, 0.717) is 37.7 Å². The highest BCUT2D eigenvalue weighted by Gasteiger charge is 2.43. The van der Waals surface area contributed by atoms with E-state index < -0.39 is 5.41 Å². The van der Waals surface area contributed by atoms with E-state index in [1.807, 2.05) is 48.5 Å². The van der Waals surface area contributed by atoms with Crippen LogP contribution in [0.3, 0.4) is 0 Å². The number of rotatable bonds is 7. The Morgan fingerprint density at radius 1 is 1.19 bits per heavy atom. The molecule has 1 unspecified atom stereocenters. The molecule has 2 aliphatic heterocycles. The van der Waals surface area contributed by atoms with Crippen molar-refractivity contribution in [2.45, 2.75) is 38.0 Å². The number of ether oxygens (including phenoxy) is 2. The van der Waals surface area contributed by atoms with Crippen molar-refractivity contribution in [1.29, 1.82) is 0 Å². The van der Waals surface area contributed by atoms with Gasteiger partial charge in [-0.1, -0.05) is 36.7 Å². The van der Waals surface area contributed by atoms with Crippen LogP contribution in [0.4, 0.5) is 5.69 Å². The first-order valence-corrected chi connectivity index (χ1v) is 12.0. The lowest BCUT2D eigenvalue weighted by Gasteiger charge is -2.36. The number of benzene rings is 2. The van der Waals surface area contributed by atoms with Gasteiger partial charge in [-0.05, 0) is 74.0 Å². The molecule has 0 aliphatic carbocycles. The Labute approximate surface area is 196 Å². The molecule has 2 fully saturated rings. The minimum Gasteiger partial charge on any atom is -0.492 e. The summed E-state index contributed by atoms with van der Waals surface area (Å²) >= 11 is 6.49. The van der Waals surface area contributed by atoms with Gasteiger partial charge in [0.1, 0.15) is 12.4 Å². The van der Waals surface area contributed by atoms with Gasteiger partial charge in [0, 0.05) is 37.0 Å². The number of carbonyl (C=O) groups is 1. The van der Waals surface area contributed by atoms with E-state index in [1.54, 1.807) is 0 Å². The topological polar surface area (TPSA) is 50.8 Å². The van der Waals surface area contributed by atoms with Crippen LogP contribution in [0.2, 0.25) is 5.02 Å². The molecule has 0 bridgehead atoms. The number of carbonyl (C=O) groups excluding carboxylic acids is 1. The summed E-state index contributed by atoms with van der Waals surface area (Å²) in [6.45, 7) is 7.35. The molecule has 2 aliphatic rings. The van der Waals surface area contributed by atoms with Crippen molar-refractivity contribution < 1.29 is 14.3 Å². The first kappa shape index (κ1) is 23.1. The first-order valence-electron chi connectivity index (χ1n) is 11.7. The highest BCUT2D eigenvalue weighted by molar-refractivity contribution is 6.31. The average Bonchev–Trinajstić information content (AvgIpc) is 2.81. The second kappa shape index (κ2) is 10.7. The fraction of sp³-hybridized carbons (Fsp3) is 0.500. The SMILES string of the molecule is CC1CCCN(CCOc2ccc(NC(=O)C3(c4ccccc4Cl)CCOCC3)cc2)C1. The predicted octanol–water partition coefficient (Wildman–Crippen LogP) is 5.14. The molecular weight excluding hydrogens is 424 g/mol. The van der Waals surface area contributed by atoms with E-state index >= 15 is 0 Å². The van der Waals surface area contributed by atoms with Crippen LogP contribution in [0.15, 0.2) is 48.5 Å². The van der Waals surface area contributed by atoms with E-state index in [-0.39, 0.29) is 5.91 Å². The molecule has 2 aromatic carbocycles. The molecule has 1 amide bonds. The van der Waals surface area contributed by atoms with Crippen LogP contribution in [-0.2, 0) is 14.9 Å². The van der Waals surface area contributed by atoms with Gasteiger partial charge in [-0.25, -0.2) is 0 Å². The molecule has 2 saturated heterocycles.